The van der Waals surface area contributed by atoms with E-state index in [0.29, 0.717) is 28.6 Å². The molecule has 0 saturated carbocycles. The highest BCUT2D eigenvalue weighted by Crippen LogP contribution is 2.41. The standard InChI is InChI=1S/C24H25BrN2O6/c1-26(2)11-4-12-27-20(14-5-7-15(8-6-14)24(32)33-3)19(22(30)23(27)31)21(29)17-13-16(25)9-10-18(17)28/h5-10,13,20,28-29H,4,11-12H2,1-3H3/t20-/m1/s1. The van der Waals surface area contributed by atoms with Crippen molar-refractivity contribution in [3.05, 3.63) is 69.2 Å². The number of hydrogen-bond donors (Lipinski definition) is 2. The zero-order valence-corrected chi connectivity index (χ0v) is 20.1. The lowest BCUT2D eigenvalue weighted by Gasteiger charge is -2.26. The molecular formula is C24H25BrN2O6. The van der Waals surface area contributed by atoms with E-state index in [4.69, 9.17) is 4.74 Å². The molecule has 174 valence electrons. The molecule has 2 aromatic rings. The molecule has 8 nitrogen and oxygen atoms in total. The minimum atomic E-state index is -0.878. The van der Waals surface area contributed by atoms with Gasteiger partial charge in [0.05, 0.1) is 29.9 Å². The van der Waals surface area contributed by atoms with Gasteiger partial charge in [-0.1, -0.05) is 28.1 Å². The Morgan fingerprint density at radius 2 is 1.82 bits per heavy atom. The Labute approximate surface area is 200 Å². The molecule has 0 aliphatic carbocycles. The molecule has 33 heavy (non-hydrogen) atoms. The van der Waals surface area contributed by atoms with Gasteiger partial charge >= 0.3 is 5.97 Å². The number of carbonyl (C=O) groups excluding carboxylic acids is 3. The molecule has 1 fully saturated rings. The lowest BCUT2D eigenvalue weighted by molar-refractivity contribution is -0.139. The molecule has 9 heteroatoms. The molecular weight excluding hydrogens is 492 g/mol. The molecule has 1 amide bonds. The van der Waals surface area contributed by atoms with Gasteiger partial charge in [0, 0.05) is 11.0 Å². The highest BCUT2D eigenvalue weighted by atomic mass is 79.9. The van der Waals surface area contributed by atoms with Gasteiger partial charge < -0.3 is 24.7 Å². The smallest absolute Gasteiger partial charge is 0.337 e. The summed E-state index contributed by atoms with van der Waals surface area (Å²) in [6, 6.07) is 9.89. The predicted octanol–water partition coefficient (Wildman–Crippen LogP) is 3.31. The molecule has 1 atom stereocenters. The van der Waals surface area contributed by atoms with Gasteiger partial charge in [-0.15, -0.1) is 0 Å². The number of phenolic OH excluding ortho intramolecular Hbond substituents is 1. The molecule has 1 aliphatic heterocycles. The third-order valence-electron chi connectivity index (χ3n) is 5.41. The molecule has 0 spiro atoms. The van der Waals surface area contributed by atoms with Crippen molar-refractivity contribution < 1.29 is 29.3 Å². The summed E-state index contributed by atoms with van der Waals surface area (Å²) in [6.45, 7) is 0.983. The minimum Gasteiger partial charge on any atom is -0.507 e. The van der Waals surface area contributed by atoms with Crippen molar-refractivity contribution >= 4 is 39.3 Å². The van der Waals surface area contributed by atoms with Crippen LogP contribution < -0.4 is 0 Å². The fourth-order valence-electron chi connectivity index (χ4n) is 3.78. The van der Waals surface area contributed by atoms with E-state index in [0.717, 1.165) is 0 Å². The number of carbonyl (C=O) groups is 3. The maximum atomic E-state index is 13.0. The monoisotopic (exact) mass is 516 g/mol. The number of nitrogens with zero attached hydrogens (tertiary/aromatic N) is 2. The lowest BCUT2D eigenvalue weighted by Crippen LogP contribution is -2.32. The van der Waals surface area contributed by atoms with E-state index >= 15 is 0 Å². The van der Waals surface area contributed by atoms with Crippen LogP contribution in [0.2, 0.25) is 0 Å². The zero-order valence-electron chi connectivity index (χ0n) is 18.5. The average molecular weight is 517 g/mol. The van der Waals surface area contributed by atoms with Crippen molar-refractivity contribution in [3.63, 3.8) is 0 Å². The van der Waals surface area contributed by atoms with Gasteiger partial charge in [-0.05, 0) is 63.0 Å². The molecule has 0 bridgehead atoms. The maximum absolute atomic E-state index is 13.0. The number of amides is 1. The molecule has 2 aromatic carbocycles. The summed E-state index contributed by atoms with van der Waals surface area (Å²) in [6.07, 6.45) is 0.610. The number of ether oxygens (including phenoxy) is 1. The Bertz CT molecular complexity index is 1110. The molecule has 3 rings (SSSR count). The fourth-order valence-corrected chi connectivity index (χ4v) is 4.14. The van der Waals surface area contributed by atoms with E-state index in [1.54, 1.807) is 18.2 Å². The van der Waals surface area contributed by atoms with Crippen molar-refractivity contribution in [2.45, 2.75) is 12.5 Å². The first-order chi connectivity index (χ1) is 15.6. The number of aromatic hydroxyl groups is 1. The summed E-state index contributed by atoms with van der Waals surface area (Å²) in [7, 11) is 5.10. The van der Waals surface area contributed by atoms with Gasteiger partial charge in [0.2, 0.25) is 0 Å². The summed E-state index contributed by atoms with van der Waals surface area (Å²) in [4.78, 5) is 41.2. The van der Waals surface area contributed by atoms with Crippen LogP contribution in [0.15, 0.2) is 52.5 Å². The molecule has 1 heterocycles. The first-order valence-electron chi connectivity index (χ1n) is 10.3. The summed E-state index contributed by atoms with van der Waals surface area (Å²) in [5.41, 5.74) is 0.772. The number of esters is 1. The van der Waals surface area contributed by atoms with Crippen molar-refractivity contribution in [1.82, 2.24) is 9.80 Å². The summed E-state index contributed by atoms with van der Waals surface area (Å²) in [5, 5.41) is 21.4. The highest BCUT2D eigenvalue weighted by Gasteiger charge is 2.46. The van der Waals surface area contributed by atoms with E-state index in [9.17, 15) is 24.6 Å². The third-order valence-corrected chi connectivity index (χ3v) is 5.90. The van der Waals surface area contributed by atoms with Crippen LogP contribution in [0.3, 0.4) is 0 Å². The van der Waals surface area contributed by atoms with E-state index in [-0.39, 0.29) is 23.4 Å². The number of hydrogen-bond acceptors (Lipinski definition) is 7. The number of Topliss-reactive ketones (excluding diaryl/α,β-unsaturated/α-hetero) is 1. The van der Waals surface area contributed by atoms with Crippen molar-refractivity contribution in [1.29, 1.82) is 0 Å². The number of ketones is 1. The van der Waals surface area contributed by atoms with E-state index < -0.39 is 29.5 Å². The van der Waals surface area contributed by atoms with Crippen LogP contribution in [0.25, 0.3) is 5.76 Å². The number of phenols is 1. The number of rotatable bonds is 7. The van der Waals surface area contributed by atoms with Gasteiger partial charge in [0.25, 0.3) is 11.7 Å². The van der Waals surface area contributed by atoms with Crippen LogP contribution in [0.1, 0.15) is 33.9 Å². The maximum Gasteiger partial charge on any atom is 0.337 e. The molecule has 0 radical (unpaired) electrons. The fraction of sp³-hybridized carbons (Fsp3) is 0.292. The average Bonchev–Trinajstić information content (AvgIpc) is 3.04. The van der Waals surface area contributed by atoms with Crippen LogP contribution >= 0.6 is 15.9 Å². The Morgan fingerprint density at radius 1 is 1.15 bits per heavy atom. The van der Waals surface area contributed by atoms with Crippen LogP contribution in [0.4, 0.5) is 0 Å². The Hall–Kier alpha value is -3.17. The number of likely N-dealkylation sites (tertiary alicyclic amines) is 1. The van der Waals surface area contributed by atoms with Gasteiger partial charge in [-0.2, -0.15) is 0 Å². The largest absolute Gasteiger partial charge is 0.507 e. The SMILES string of the molecule is COC(=O)c1ccc([C@@H]2C(=C(O)c3cc(Br)ccc3O)C(=O)C(=O)N2CCCN(C)C)cc1. The summed E-state index contributed by atoms with van der Waals surface area (Å²) < 4.78 is 5.31. The van der Waals surface area contributed by atoms with Crippen LogP contribution in [0.5, 0.6) is 5.75 Å². The quantitative estimate of drug-likeness (QED) is 0.251. The second-order valence-corrected chi connectivity index (χ2v) is 8.84. The van der Waals surface area contributed by atoms with Gasteiger partial charge in [0.15, 0.2) is 0 Å². The zero-order chi connectivity index (χ0) is 24.3. The normalized spacial score (nSPS) is 17.6. The molecule has 0 aromatic heterocycles. The molecule has 0 unspecified atom stereocenters. The lowest BCUT2D eigenvalue weighted by atomic mass is 9.94. The van der Waals surface area contributed by atoms with E-state index in [1.165, 1.54) is 36.3 Å². The summed E-state index contributed by atoms with van der Waals surface area (Å²) in [5.74, 6) is -2.77. The number of halogens is 1. The van der Waals surface area contributed by atoms with Crippen molar-refractivity contribution in [2.75, 3.05) is 34.3 Å². The van der Waals surface area contributed by atoms with Crippen molar-refractivity contribution in [2.24, 2.45) is 0 Å². The van der Waals surface area contributed by atoms with Gasteiger partial charge in [0.1, 0.15) is 11.5 Å². The number of benzene rings is 2. The molecule has 2 N–H and O–H groups in total. The third kappa shape index (κ3) is 5.09. The second kappa shape index (κ2) is 10.2. The second-order valence-electron chi connectivity index (χ2n) is 7.92. The number of aliphatic hydroxyl groups is 1. The minimum absolute atomic E-state index is 0.0341. The van der Waals surface area contributed by atoms with Crippen LogP contribution in [-0.2, 0) is 14.3 Å². The van der Waals surface area contributed by atoms with Crippen LogP contribution in [-0.4, -0.2) is 72.0 Å². The number of methoxy groups -OCH3 is 1. The van der Waals surface area contributed by atoms with E-state index in [2.05, 4.69) is 15.9 Å². The van der Waals surface area contributed by atoms with Gasteiger partial charge in [-0.3, -0.25) is 9.59 Å². The Morgan fingerprint density at radius 3 is 2.42 bits per heavy atom. The Balaban J connectivity index is 2.13. The first kappa shape index (κ1) is 24.5. The first-order valence-corrected chi connectivity index (χ1v) is 11.0. The van der Waals surface area contributed by atoms with Gasteiger partial charge in [-0.25, -0.2) is 4.79 Å². The predicted molar refractivity (Wildman–Crippen MR) is 126 cm³/mol. The molecule has 1 saturated heterocycles. The van der Waals surface area contributed by atoms with Crippen molar-refractivity contribution in [3.8, 4) is 5.75 Å². The molecule has 1 aliphatic rings. The summed E-state index contributed by atoms with van der Waals surface area (Å²) >= 11 is 3.29. The Kier molecular flexibility index (Phi) is 7.55. The number of aliphatic hydroxyl groups excluding tert-OH is 1. The highest BCUT2D eigenvalue weighted by molar-refractivity contribution is 9.10. The topological polar surface area (TPSA) is 107 Å². The van der Waals surface area contributed by atoms with Crippen LogP contribution in [0, 0.1) is 0 Å². The van der Waals surface area contributed by atoms with E-state index in [1.807, 2.05) is 19.0 Å².